The molecule has 5 heteroatoms. The van der Waals surface area contributed by atoms with Crippen molar-refractivity contribution in [2.24, 2.45) is 5.92 Å². The molecule has 1 atom stereocenters. The molecule has 0 aliphatic rings. The van der Waals surface area contributed by atoms with E-state index in [1.807, 2.05) is 55.8 Å². The standard InChI is InChI=1S/C18H22N4O/c1-13(11-19)12-21(4)18(23)10-17-14(2)20-22(15(17)3)16-8-6-5-7-9-16/h5-9,13H,10,12H2,1-4H3. The molecular weight excluding hydrogens is 288 g/mol. The van der Waals surface area contributed by atoms with Crippen molar-refractivity contribution in [1.82, 2.24) is 14.7 Å². The van der Waals surface area contributed by atoms with Gasteiger partial charge in [0.2, 0.25) is 5.91 Å². The van der Waals surface area contributed by atoms with Gasteiger partial charge in [-0.25, -0.2) is 4.68 Å². The lowest BCUT2D eigenvalue weighted by atomic mass is 10.1. The maximum absolute atomic E-state index is 12.4. The van der Waals surface area contributed by atoms with Crippen LogP contribution >= 0.6 is 0 Å². The Kier molecular flexibility index (Phi) is 5.17. The van der Waals surface area contributed by atoms with Crippen LogP contribution in [0, 0.1) is 31.1 Å². The lowest BCUT2D eigenvalue weighted by Gasteiger charge is -2.18. The van der Waals surface area contributed by atoms with E-state index in [2.05, 4.69) is 11.2 Å². The normalized spacial score (nSPS) is 11.8. The Morgan fingerprint density at radius 2 is 2.00 bits per heavy atom. The van der Waals surface area contributed by atoms with Crippen LogP contribution in [0.3, 0.4) is 0 Å². The van der Waals surface area contributed by atoms with Crippen molar-refractivity contribution in [2.75, 3.05) is 13.6 Å². The molecule has 1 heterocycles. The number of aromatic nitrogens is 2. The summed E-state index contributed by atoms with van der Waals surface area (Å²) in [6, 6.07) is 12.0. The molecule has 0 saturated heterocycles. The van der Waals surface area contributed by atoms with Gasteiger partial charge in [-0.15, -0.1) is 0 Å². The Morgan fingerprint density at radius 1 is 1.35 bits per heavy atom. The third kappa shape index (κ3) is 3.78. The summed E-state index contributed by atoms with van der Waals surface area (Å²) in [5.74, 6) is -0.163. The van der Waals surface area contributed by atoms with Gasteiger partial charge in [-0.3, -0.25) is 4.79 Å². The Morgan fingerprint density at radius 3 is 2.61 bits per heavy atom. The molecule has 120 valence electrons. The van der Waals surface area contributed by atoms with E-state index in [9.17, 15) is 4.79 Å². The van der Waals surface area contributed by atoms with Crippen molar-refractivity contribution in [3.05, 3.63) is 47.3 Å². The number of nitriles is 1. The van der Waals surface area contributed by atoms with Crippen molar-refractivity contribution >= 4 is 5.91 Å². The van der Waals surface area contributed by atoms with Crippen LogP contribution in [0.4, 0.5) is 0 Å². The summed E-state index contributed by atoms with van der Waals surface area (Å²) in [6.45, 7) is 6.16. The third-order valence-corrected chi connectivity index (χ3v) is 3.96. The van der Waals surface area contributed by atoms with Gasteiger partial charge in [-0.1, -0.05) is 18.2 Å². The van der Waals surface area contributed by atoms with E-state index in [4.69, 9.17) is 5.26 Å². The number of nitrogens with zero attached hydrogens (tertiary/aromatic N) is 4. The highest BCUT2D eigenvalue weighted by Crippen LogP contribution is 2.19. The number of carbonyl (C=O) groups is 1. The van der Waals surface area contributed by atoms with Crippen LogP contribution < -0.4 is 0 Å². The van der Waals surface area contributed by atoms with Crippen molar-refractivity contribution in [3.63, 3.8) is 0 Å². The van der Waals surface area contributed by atoms with E-state index in [1.54, 1.807) is 11.9 Å². The Hall–Kier alpha value is -2.61. The summed E-state index contributed by atoms with van der Waals surface area (Å²) < 4.78 is 1.87. The molecule has 1 aromatic carbocycles. The first kappa shape index (κ1) is 16.8. The van der Waals surface area contributed by atoms with E-state index in [-0.39, 0.29) is 11.8 Å². The number of aryl methyl sites for hydroxylation is 1. The maximum Gasteiger partial charge on any atom is 0.226 e. The Bertz CT molecular complexity index is 727. The zero-order valence-electron chi connectivity index (χ0n) is 14.1. The zero-order valence-corrected chi connectivity index (χ0v) is 14.1. The van der Waals surface area contributed by atoms with Gasteiger partial charge in [-0.05, 0) is 32.9 Å². The largest absolute Gasteiger partial charge is 0.344 e. The van der Waals surface area contributed by atoms with Crippen LogP contribution in [0.2, 0.25) is 0 Å². The number of rotatable bonds is 5. The van der Waals surface area contributed by atoms with Gasteiger partial charge in [0, 0.05) is 24.8 Å². The quantitative estimate of drug-likeness (QED) is 0.853. The van der Waals surface area contributed by atoms with Gasteiger partial charge >= 0.3 is 0 Å². The molecule has 0 bridgehead atoms. The number of amides is 1. The molecule has 2 rings (SSSR count). The fourth-order valence-corrected chi connectivity index (χ4v) is 2.59. The fraction of sp³-hybridized carbons (Fsp3) is 0.389. The summed E-state index contributed by atoms with van der Waals surface area (Å²) in [5, 5.41) is 13.4. The first-order valence-electron chi connectivity index (χ1n) is 7.68. The van der Waals surface area contributed by atoms with E-state index < -0.39 is 0 Å². The second kappa shape index (κ2) is 7.10. The molecule has 5 nitrogen and oxygen atoms in total. The molecule has 1 unspecified atom stereocenters. The SMILES string of the molecule is Cc1nn(-c2ccccc2)c(C)c1CC(=O)N(C)CC(C)C#N. The topological polar surface area (TPSA) is 61.9 Å². The van der Waals surface area contributed by atoms with Crippen LogP contribution in [0.25, 0.3) is 5.69 Å². The molecule has 23 heavy (non-hydrogen) atoms. The average molecular weight is 310 g/mol. The van der Waals surface area contributed by atoms with Crippen LogP contribution in [-0.4, -0.2) is 34.2 Å². The molecule has 0 spiro atoms. The van der Waals surface area contributed by atoms with Gasteiger partial charge in [0.05, 0.1) is 29.8 Å². The zero-order chi connectivity index (χ0) is 17.0. The van der Waals surface area contributed by atoms with Gasteiger partial charge < -0.3 is 4.90 Å². The van der Waals surface area contributed by atoms with E-state index in [0.717, 1.165) is 22.6 Å². The van der Waals surface area contributed by atoms with Gasteiger partial charge in [0.15, 0.2) is 0 Å². The van der Waals surface area contributed by atoms with Crippen molar-refractivity contribution in [2.45, 2.75) is 27.2 Å². The summed E-state index contributed by atoms with van der Waals surface area (Å²) >= 11 is 0. The van der Waals surface area contributed by atoms with Crippen LogP contribution in [0.1, 0.15) is 23.9 Å². The fourth-order valence-electron chi connectivity index (χ4n) is 2.59. The number of benzene rings is 1. The number of para-hydroxylation sites is 1. The molecule has 0 saturated carbocycles. The maximum atomic E-state index is 12.4. The molecule has 1 aromatic heterocycles. The van der Waals surface area contributed by atoms with Crippen LogP contribution in [-0.2, 0) is 11.2 Å². The molecule has 1 amide bonds. The molecule has 0 aliphatic heterocycles. The molecular formula is C18H22N4O. The van der Waals surface area contributed by atoms with Gasteiger partial charge in [0.1, 0.15) is 0 Å². The average Bonchev–Trinajstić information content (AvgIpc) is 2.83. The number of hydrogen-bond acceptors (Lipinski definition) is 3. The van der Waals surface area contributed by atoms with Crippen LogP contribution in [0.15, 0.2) is 30.3 Å². The van der Waals surface area contributed by atoms with E-state index >= 15 is 0 Å². The lowest BCUT2D eigenvalue weighted by molar-refractivity contribution is -0.129. The molecule has 0 N–H and O–H groups in total. The monoisotopic (exact) mass is 310 g/mol. The number of hydrogen-bond donors (Lipinski definition) is 0. The number of carbonyl (C=O) groups excluding carboxylic acids is 1. The highest BCUT2D eigenvalue weighted by Gasteiger charge is 2.19. The number of likely N-dealkylation sites (N-methyl/N-ethyl adjacent to an activating group) is 1. The minimum Gasteiger partial charge on any atom is -0.344 e. The summed E-state index contributed by atoms with van der Waals surface area (Å²) in [6.07, 6.45) is 0.305. The predicted molar refractivity (Wildman–Crippen MR) is 89.2 cm³/mol. The Balaban J connectivity index is 2.20. The smallest absolute Gasteiger partial charge is 0.226 e. The predicted octanol–water partition coefficient (Wildman–Crippen LogP) is 2.65. The molecule has 2 aromatic rings. The Labute approximate surface area is 137 Å². The van der Waals surface area contributed by atoms with Crippen molar-refractivity contribution in [1.29, 1.82) is 5.26 Å². The molecule has 0 aliphatic carbocycles. The minimum absolute atomic E-state index is 0.00547. The van der Waals surface area contributed by atoms with Gasteiger partial charge in [-0.2, -0.15) is 10.4 Å². The van der Waals surface area contributed by atoms with Gasteiger partial charge in [0.25, 0.3) is 0 Å². The van der Waals surface area contributed by atoms with E-state index in [0.29, 0.717) is 13.0 Å². The minimum atomic E-state index is -0.168. The lowest BCUT2D eigenvalue weighted by Crippen LogP contribution is -2.32. The summed E-state index contributed by atoms with van der Waals surface area (Å²) in [5.41, 5.74) is 3.78. The highest BCUT2D eigenvalue weighted by molar-refractivity contribution is 5.79. The van der Waals surface area contributed by atoms with Crippen molar-refractivity contribution < 1.29 is 4.79 Å². The van der Waals surface area contributed by atoms with Crippen LogP contribution in [0.5, 0.6) is 0 Å². The summed E-state index contributed by atoms with van der Waals surface area (Å²) in [4.78, 5) is 14.0. The van der Waals surface area contributed by atoms with E-state index in [1.165, 1.54) is 0 Å². The van der Waals surface area contributed by atoms with Crippen molar-refractivity contribution in [3.8, 4) is 11.8 Å². The first-order chi connectivity index (χ1) is 10.9. The first-order valence-corrected chi connectivity index (χ1v) is 7.68. The molecule has 0 radical (unpaired) electrons. The molecule has 0 fully saturated rings. The highest BCUT2D eigenvalue weighted by atomic mass is 16.2. The second-order valence-electron chi connectivity index (χ2n) is 5.88. The second-order valence-corrected chi connectivity index (χ2v) is 5.88. The summed E-state index contributed by atoms with van der Waals surface area (Å²) in [7, 11) is 1.74. The third-order valence-electron chi connectivity index (χ3n) is 3.96.